The second-order valence-corrected chi connectivity index (χ2v) is 6.74. The third-order valence-electron chi connectivity index (χ3n) is 4.44. The van der Waals surface area contributed by atoms with Crippen molar-refractivity contribution in [3.8, 4) is 6.07 Å². The van der Waals surface area contributed by atoms with Crippen LogP contribution in [-0.4, -0.2) is 10.8 Å². The molecule has 1 unspecified atom stereocenters. The topological polar surface area (TPSA) is 75.1 Å². The molecule has 4 nitrogen and oxygen atoms in total. The number of nitrogens with zero attached hydrogens (tertiary/aromatic N) is 3. The summed E-state index contributed by atoms with van der Waals surface area (Å²) in [4.78, 5) is 9.01. The Labute approximate surface area is 153 Å². The molecule has 2 N–H and O–H groups in total. The molecule has 2 aromatic carbocycles. The van der Waals surface area contributed by atoms with Crippen molar-refractivity contribution in [3.63, 3.8) is 0 Å². The number of hydrogen-bond donors (Lipinski definition) is 1. The second kappa shape index (κ2) is 5.83. The largest absolute Gasteiger partial charge is 0.383 e. The van der Waals surface area contributed by atoms with Gasteiger partial charge in [-0.15, -0.1) is 0 Å². The molecule has 0 saturated carbocycles. The number of pyridine rings is 1. The van der Waals surface area contributed by atoms with E-state index in [1.807, 2.05) is 48.5 Å². The second-order valence-electron chi connectivity index (χ2n) is 5.83. The number of amidine groups is 1. The lowest BCUT2D eigenvalue weighted by molar-refractivity contribution is 0.669. The smallest absolute Gasteiger partial charge is 0.139 e. The maximum atomic E-state index is 9.35. The van der Waals surface area contributed by atoms with Crippen molar-refractivity contribution in [2.45, 2.75) is 5.54 Å². The first-order valence-electron chi connectivity index (χ1n) is 7.72. The van der Waals surface area contributed by atoms with Gasteiger partial charge in [-0.05, 0) is 53.6 Å². The number of benzene rings is 2. The highest BCUT2D eigenvalue weighted by Gasteiger charge is 2.43. The zero-order chi connectivity index (χ0) is 17.4. The Kier molecular flexibility index (Phi) is 3.63. The lowest BCUT2D eigenvalue weighted by Gasteiger charge is -2.29. The van der Waals surface area contributed by atoms with Gasteiger partial charge in [-0.3, -0.25) is 4.98 Å². The van der Waals surface area contributed by atoms with Gasteiger partial charge in [-0.25, -0.2) is 4.99 Å². The Bertz CT molecular complexity index is 1040. The van der Waals surface area contributed by atoms with Crippen LogP contribution in [0, 0.1) is 11.3 Å². The molecule has 0 aliphatic carbocycles. The molecule has 120 valence electrons. The van der Waals surface area contributed by atoms with Crippen LogP contribution >= 0.6 is 15.9 Å². The highest BCUT2D eigenvalue weighted by Crippen LogP contribution is 2.46. The third kappa shape index (κ3) is 2.34. The molecule has 25 heavy (non-hydrogen) atoms. The molecule has 1 aliphatic heterocycles. The van der Waals surface area contributed by atoms with Gasteiger partial charge in [0.05, 0.1) is 11.6 Å². The van der Waals surface area contributed by atoms with Gasteiger partial charge in [-0.2, -0.15) is 5.26 Å². The summed E-state index contributed by atoms with van der Waals surface area (Å²) in [6.07, 6.45) is 3.49. The zero-order valence-corrected chi connectivity index (χ0v) is 14.7. The zero-order valence-electron chi connectivity index (χ0n) is 13.1. The SMILES string of the molecule is N#Cc1ccc2c(c1)C(c1ccncc1)(c1cccc(Br)c1)N=C2N. The van der Waals surface area contributed by atoms with Gasteiger partial charge in [-0.1, -0.05) is 28.1 Å². The van der Waals surface area contributed by atoms with Crippen LogP contribution in [0.3, 0.4) is 0 Å². The van der Waals surface area contributed by atoms with Crippen LogP contribution < -0.4 is 5.73 Å². The minimum absolute atomic E-state index is 0.469. The summed E-state index contributed by atoms with van der Waals surface area (Å²) in [6.45, 7) is 0. The van der Waals surface area contributed by atoms with E-state index in [4.69, 9.17) is 10.7 Å². The summed E-state index contributed by atoms with van der Waals surface area (Å²) >= 11 is 3.54. The Morgan fingerprint density at radius 2 is 1.80 bits per heavy atom. The average molecular weight is 389 g/mol. The van der Waals surface area contributed by atoms with Gasteiger partial charge < -0.3 is 5.73 Å². The summed E-state index contributed by atoms with van der Waals surface area (Å²) in [7, 11) is 0. The lowest BCUT2D eigenvalue weighted by atomic mass is 9.77. The molecule has 2 heterocycles. The third-order valence-corrected chi connectivity index (χ3v) is 4.94. The van der Waals surface area contributed by atoms with Gasteiger partial charge in [0.15, 0.2) is 0 Å². The van der Waals surface area contributed by atoms with Crippen molar-refractivity contribution in [1.29, 1.82) is 5.26 Å². The predicted octanol–water partition coefficient (Wildman–Crippen LogP) is 3.73. The van der Waals surface area contributed by atoms with E-state index in [9.17, 15) is 5.26 Å². The number of fused-ring (bicyclic) bond motifs is 1. The molecule has 1 aromatic heterocycles. The van der Waals surface area contributed by atoms with E-state index >= 15 is 0 Å². The first-order valence-corrected chi connectivity index (χ1v) is 8.51. The van der Waals surface area contributed by atoms with E-state index in [1.54, 1.807) is 18.5 Å². The fourth-order valence-corrected chi connectivity index (χ4v) is 3.75. The number of nitrogens with two attached hydrogens (primary N) is 1. The normalized spacial score (nSPS) is 18.3. The number of aromatic nitrogens is 1. The summed E-state index contributed by atoms with van der Waals surface area (Å²) in [5.41, 5.74) is 9.75. The molecule has 0 fully saturated rings. The number of halogens is 1. The highest BCUT2D eigenvalue weighted by atomic mass is 79.9. The van der Waals surface area contributed by atoms with E-state index in [2.05, 4.69) is 27.0 Å². The number of hydrogen-bond acceptors (Lipinski definition) is 4. The van der Waals surface area contributed by atoms with E-state index in [0.29, 0.717) is 11.4 Å². The number of nitriles is 1. The van der Waals surface area contributed by atoms with Crippen molar-refractivity contribution in [2.24, 2.45) is 10.7 Å². The van der Waals surface area contributed by atoms with Crippen LogP contribution in [0.15, 0.2) is 76.5 Å². The Hall–Kier alpha value is -2.97. The monoisotopic (exact) mass is 388 g/mol. The molecule has 1 atom stereocenters. The van der Waals surface area contributed by atoms with Crippen LogP contribution in [0.4, 0.5) is 0 Å². The Balaban J connectivity index is 2.11. The van der Waals surface area contributed by atoms with E-state index in [-0.39, 0.29) is 0 Å². The summed E-state index contributed by atoms with van der Waals surface area (Å²) < 4.78 is 0.956. The van der Waals surface area contributed by atoms with Crippen LogP contribution in [0.25, 0.3) is 0 Å². The molecular formula is C20H13BrN4. The first-order chi connectivity index (χ1) is 12.1. The number of aliphatic imine (C=N–C) groups is 1. The molecule has 0 bridgehead atoms. The molecule has 1 aliphatic rings. The van der Waals surface area contributed by atoms with Crippen molar-refractivity contribution in [1.82, 2.24) is 4.98 Å². The number of rotatable bonds is 2. The van der Waals surface area contributed by atoms with Gasteiger partial charge in [0.2, 0.25) is 0 Å². The van der Waals surface area contributed by atoms with Crippen molar-refractivity contribution < 1.29 is 0 Å². The van der Waals surface area contributed by atoms with Crippen molar-refractivity contribution in [3.05, 3.63) is 99.3 Å². The minimum Gasteiger partial charge on any atom is -0.383 e. The quantitative estimate of drug-likeness (QED) is 0.726. The van der Waals surface area contributed by atoms with E-state index in [0.717, 1.165) is 26.7 Å². The van der Waals surface area contributed by atoms with Crippen LogP contribution in [0.2, 0.25) is 0 Å². The molecule has 0 saturated heterocycles. The lowest BCUT2D eigenvalue weighted by Crippen LogP contribution is -2.25. The van der Waals surface area contributed by atoms with E-state index in [1.165, 1.54) is 0 Å². The molecule has 5 heteroatoms. The van der Waals surface area contributed by atoms with Crippen LogP contribution in [-0.2, 0) is 5.54 Å². The highest BCUT2D eigenvalue weighted by molar-refractivity contribution is 9.10. The van der Waals surface area contributed by atoms with Crippen LogP contribution in [0.1, 0.15) is 27.8 Å². The first kappa shape index (κ1) is 15.6. The molecule has 0 amide bonds. The molecular weight excluding hydrogens is 376 g/mol. The van der Waals surface area contributed by atoms with E-state index < -0.39 is 5.54 Å². The summed E-state index contributed by atoms with van der Waals surface area (Å²) in [5.74, 6) is 0.469. The summed E-state index contributed by atoms with van der Waals surface area (Å²) in [5, 5.41) is 9.35. The maximum Gasteiger partial charge on any atom is 0.139 e. The van der Waals surface area contributed by atoms with Gasteiger partial charge in [0.25, 0.3) is 0 Å². The Morgan fingerprint density at radius 1 is 1.00 bits per heavy atom. The molecule has 4 rings (SSSR count). The predicted molar refractivity (Wildman–Crippen MR) is 100 cm³/mol. The fraction of sp³-hybridized carbons (Fsp3) is 0.0500. The van der Waals surface area contributed by atoms with Crippen LogP contribution in [0.5, 0.6) is 0 Å². The maximum absolute atomic E-state index is 9.35. The minimum atomic E-state index is -0.793. The average Bonchev–Trinajstić information content (AvgIpc) is 2.95. The van der Waals surface area contributed by atoms with Crippen molar-refractivity contribution >= 4 is 21.8 Å². The molecule has 0 radical (unpaired) electrons. The van der Waals surface area contributed by atoms with Crippen molar-refractivity contribution in [2.75, 3.05) is 0 Å². The summed E-state index contributed by atoms with van der Waals surface area (Å²) in [6, 6.07) is 19.6. The van der Waals surface area contributed by atoms with Gasteiger partial charge >= 0.3 is 0 Å². The molecule has 3 aromatic rings. The van der Waals surface area contributed by atoms with Gasteiger partial charge in [0.1, 0.15) is 11.4 Å². The Morgan fingerprint density at radius 3 is 2.52 bits per heavy atom. The molecule has 0 spiro atoms. The van der Waals surface area contributed by atoms with Gasteiger partial charge in [0, 0.05) is 28.0 Å². The standard InChI is InChI=1S/C20H13BrN4/c21-16-3-1-2-15(11-16)20(14-6-8-24-9-7-14)18-10-13(12-22)4-5-17(18)19(23)25-20/h1-11H,(H2,23,25). The fourth-order valence-electron chi connectivity index (χ4n) is 3.35.